The van der Waals surface area contributed by atoms with Crippen LogP contribution in [0.25, 0.3) is 0 Å². The Morgan fingerprint density at radius 3 is 2.07 bits per heavy atom. The quantitative estimate of drug-likeness (QED) is 0.774. The number of carbonyl (C=O) groups excluding carboxylic acids is 2. The molecule has 3 aliphatic rings. The summed E-state index contributed by atoms with van der Waals surface area (Å²) in [5.41, 5.74) is 0. The minimum absolute atomic E-state index is 0.00685. The number of hydrogen-bond acceptors (Lipinski definition) is 3. The predicted octanol–water partition coefficient (Wildman–Crippen LogP) is 3.04. The molecule has 1 heterocycles. The van der Waals surface area contributed by atoms with Crippen molar-refractivity contribution in [3.63, 3.8) is 0 Å². The van der Waals surface area contributed by atoms with Crippen LogP contribution in [-0.2, 0) is 9.59 Å². The highest BCUT2D eigenvalue weighted by Gasteiger charge is 2.37. The van der Waals surface area contributed by atoms with Gasteiger partial charge in [0.2, 0.25) is 11.8 Å². The lowest BCUT2D eigenvalue weighted by Crippen LogP contribution is -2.58. The Hall–Kier alpha value is -1.10. The first-order valence-corrected chi connectivity index (χ1v) is 11.4. The summed E-state index contributed by atoms with van der Waals surface area (Å²) in [4.78, 5) is 29.8. The van der Waals surface area contributed by atoms with Crippen LogP contribution in [0.1, 0.15) is 71.6 Å². The van der Waals surface area contributed by atoms with Crippen LogP contribution in [-0.4, -0.2) is 60.4 Å². The van der Waals surface area contributed by atoms with Crippen molar-refractivity contribution in [2.45, 2.75) is 77.7 Å². The van der Waals surface area contributed by atoms with Gasteiger partial charge in [0, 0.05) is 38.6 Å². The van der Waals surface area contributed by atoms with E-state index in [1.807, 2.05) is 18.7 Å². The van der Waals surface area contributed by atoms with Gasteiger partial charge in [-0.05, 0) is 37.5 Å². The van der Waals surface area contributed by atoms with Gasteiger partial charge < -0.3 is 10.2 Å². The first-order chi connectivity index (χ1) is 13.1. The van der Waals surface area contributed by atoms with Crippen LogP contribution < -0.4 is 5.32 Å². The van der Waals surface area contributed by atoms with Crippen molar-refractivity contribution in [1.29, 1.82) is 0 Å². The highest BCUT2D eigenvalue weighted by atomic mass is 16.2. The normalized spacial score (nSPS) is 24.3. The molecule has 1 aliphatic heterocycles. The molecule has 2 saturated carbocycles. The second-order valence-corrected chi connectivity index (χ2v) is 9.25. The first-order valence-electron chi connectivity index (χ1n) is 11.4. The van der Waals surface area contributed by atoms with E-state index in [0.717, 1.165) is 32.7 Å². The van der Waals surface area contributed by atoms with Crippen LogP contribution in [0.2, 0.25) is 0 Å². The highest BCUT2D eigenvalue weighted by molar-refractivity contribution is 5.82. The Labute approximate surface area is 165 Å². The summed E-state index contributed by atoms with van der Waals surface area (Å²) in [6.45, 7) is 7.97. The van der Waals surface area contributed by atoms with Crippen LogP contribution in [0.5, 0.6) is 0 Å². The number of carbonyl (C=O) groups is 2. The zero-order chi connectivity index (χ0) is 19.2. The largest absolute Gasteiger partial charge is 0.354 e. The Morgan fingerprint density at radius 2 is 1.48 bits per heavy atom. The fourth-order valence-electron chi connectivity index (χ4n) is 5.28. The zero-order valence-electron chi connectivity index (χ0n) is 17.4. The number of piperazine rings is 1. The van der Waals surface area contributed by atoms with Gasteiger partial charge in [-0.15, -0.1) is 0 Å². The second kappa shape index (κ2) is 9.90. The third kappa shape index (κ3) is 5.46. The average Bonchev–Trinajstić information content (AvgIpc) is 3.21. The molecule has 3 fully saturated rings. The van der Waals surface area contributed by atoms with E-state index >= 15 is 0 Å². The Balaban J connectivity index is 1.56. The predicted molar refractivity (Wildman–Crippen MR) is 108 cm³/mol. The number of nitrogens with zero attached hydrogens (tertiary/aromatic N) is 2. The van der Waals surface area contributed by atoms with Gasteiger partial charge in [-0.3, -0.25) is 14.5 Å². The van der Waals surface area contributed by atoms with Crippen LogP contribution in [0.3, 0.4) is 0 Å². The smallest absolute Gasteiger partial charge is 0.237 e. The topological polar surface area (TPSA) is 52.7 Å². The molecule has 5 heteroatoms. The molecule has 1 N–H and O–H groups in total. The SMILES string of the molecule is CC(C)C(=O)N1CCN(C(C(=O)NCC2CCCCC2)C2CCCC2)CC1. The van der Waals surface area contributed by atoms with E-state index in [1.165, 1.54) is 57.8 Å². The Morgan fingerprint density at radius 1 is 0.889 bits per heavy atom. The van der Waals surface area contributed by atoms with Gasteiger partial charge >= 0.3 is 0 Å². The molecule has 1 saturated heterocycles. The number of hydrogen-bond donors (Lipinski definition) is 1. The monoisotopic (exact) mass is 377 g/mol. The third-order valence-corrected chi connectivity index (χ3v) is 6.92. The molecule has 0 radical (unpaired) electrons. The summed E-state index contributed by atoms with van der Waals surface area (Å²) >= 11 is 0. The van der Waals surface area contributed by atoms with Crippen molar-refractivity contribution in [2.75, 3.05) is 32.7 Å². The summed E-state index contributed by atoms with van der Waals surface area (Å²) < 4.78 is 0. The van der Waals surface area contributed by atoms with Gasteiger partial charge in [-0.1, -0.05) is 46.0 Å². The molecule has 0 aromatic rings. The summed E-state index contributed by atoms with van der Waals surface area (Å²) in [6.07, 6.45) is 11.4. The maximum absolute atomic E-state index is 13.2. The summed E-state index contributed by atoms with van der Waals surface area (Å²) in [5, 5.41) is 3.32. The molecule has 2 aliphatic carbocycles. The molecule has 1 unspecified atom stereocenters. The van der Waals surface area contributed by atoms with Crippen LogP contribution >= 0.6 is 0 Å². The minimum atomic E-state index is 0.00685. The van der Waals surface area contributed by atoms with E-state index in [9.17, 15) is 9.59 Å². The fraction of sp³-hybridized carbons (Fsp3) is 0.909. The zero-order valence-corrected chi connectivity index (χ0v) is 17.4. The number of nitrogens with one attached hydrogen (secondary N) is 1. The molecule has 154 valence electrons. The van der Waals surface area contributed by atoms with Crippen molar-refractivity contribution in [3.05, 3.63) is 0 Å². The van der Waals surface area contributed by atoms with E-state index in [2.05, 4.69) is 10.2 Å². The van der Waals surface area contributed by atoms with E-state index in [-0.39, 0.29) is 23.8 Å². The Bertz CT molecular complexity index is 488. The molecule has 1 atom stereocenters. The van der Waals surface area contributed by atoms with Crippen LogP contribution in [0.4, 0.5) is 0 Å². The minimum Gasteiger partial charge on any atom is -0.354 e. The highest BCUT2D eigenvalue weighted by Crippen LogP contribution is 2.31. The average molecular weight is 378 g/mol. The molecular weight excluding hydrogens is 338 g/mol. The standard InChI is InChI=1S/C22H39N3O2/c1-17(2)22(27)25-14-12-24(13-15-25)20(19-10-6-7-11-19)21(26)23-16-18-8-4-3-5-9-18/h17-20H,3-16H2,1-2H3,(H,23,26). The van der Waals surface area contributed by atoms with Gasteiger partial charge in [0.05, 0.1) is 6.04 Å². The lowest BCUT2D eigenvalue weighted by molar-refractivity contribution is -0.138. The Kier molecular flexibility index (Phi) is 7.57. The third-order valence-electron chi connectivity index (χ3n) is 6.92. The molecule has 0 aromatic carbocycles. The van der Waals surface area contributed by atoms with Gasteiger partial charge in [-0.25, -0.2) is 0 Å². The fourth-order valence-corrected chi connectivity index (χ4v) is 5.28. The molecule has 27 heavy (non-hydrogen) atoms. The van der Waals surface area contributed by atoms with Crippen LogP contribution in [0, 0.1) is 17.8 Å². The molecular formula is C22H39N3O2. The van der Waals surface area contributed by atoms with Gasteiger partial charge in [-0.2, -0.15) is 0 Å². The van der Waals surface area contributed by atoms with Crippen LogP contribution in [0.15, 0.2) is 0 Å². The second-order valence-electron chi connectivity index (χ2n) is 9.25. The summed E-state index contributed by atoms with van der Waals surface area (Å²) in [5.74, 6) is 1.71. The van der Waals surface area contributed by atoms with E-state index in [1.54, 1.807) is 0 Å². The van der Waals surface area contributed by atoms with Crippen molar-refractivity contribution in [2.24, 2.45) is 17.8 Å². The van der Waals surface area contributed by atoms with Gasteiger partial charge in [0.1, 0.15) is 0 Å². The summed E-state index contributed by atoms with van der Waals surface area (Å²) in [7, 11) is 0. The molecule has 5 nitrogen and oxygen atoms in total. The first kappa shape index (κ1) is 20.6. The molecule has 3 rings (SSSR count). The molecule has 0 bridgehead atoms. The van der Waals surface area contributed by atoms with Crippen molar-refractivity contribution < 1.29 is 9.59 Å². The van der Waals surface area contributed by atoms with E-state index in [4.69, 9.17) is 0 Å². The van der Waals surface area contributed by atoms with Gasteiger partial charge in [0.15, 0.2) is 0 Å². The molecule has 0 aromatic heterocycles. The number of rotatable bonds is 6. The molecule has 0 spiro atoms. The van der Waals surface area contributed by atoms with E-state index in [0.29, 0.717) is 11.8 Å². The maximum Gasteiger partial charge on any atom is 0.237 e. The van der Waals surface area contributed by atoms with Gasteiger partial charge in [0.25, 0.3) is 0 Å². The maximum atomic E-state index is 13.2. The lowest BCUT2D eigenvalue weighted by atomic mass is 9.89. The summed E-state index contributed by atoms with van der Waals surface area (Å²) in [6, 6.07) is 0.00685. The van der Waals surface area contributed by atoms with Crippen molar-refractivity contribution in [1.82, 2.24) is 15.1 Å². The number of amides is 2. The molecule has 2 amide bonds. The van der Waals surface area contributed by atoms with E-state index < -0.39 is 0 Å². The lowest BCUT2D eigenvalue weighted by Gasteiger charge is -2.41. The van der Waals surface area contributed by atoms with Crippen molar-refractivity contribution in [3.8, 4) is 0 Å². The van der Waals surface area contributed by atoms with Crippen molar-refractivity contribution >= 4 is 11.8 Å².